The zero-order valence-electron chi connectivity index (χ0n) is 20.6. The van der Waals surface area contributed by atoms with Gasteiger partial charge in [-0.2, -0.15) is 0 Å². The molecule has 1 saturated heterocycles. The second-order valence-corrected chi connectivity index (χ2v) is 10.4. The topological polar surface area (TPSA) is 35.6 Å². The van der Waals surface area contributed by atoms with Crippen LogP contribution in [0.4, 0.5) is 4.39 Å². The van der Waals surface area contributed by atoms with E-state index in [1.165, 1.54) is 22.8 Å². The summed E-state index contributed by atoms with van der Waals surface area (Å²) in [6.07, 6.45) is 2.65. The maximum Gasteiger partial charge on any atom is 0.223 e. The van der Waals surface area contributed by atoms with Crippen molar-refractivity contribution in [3.05, 3.63) is 105 Å². The van der Waals surface area contributed by atoms with Gasteiger partial charge in [-0.1, -0.05) is 66.2 Å². The van der Waals surface area contributed by atoms with E-state index in [9.17, 15) is 9.18 Å². The molecule has 0 aromatic heterocycles. The van der Waals surface area contributed by atoms with Crippen molar-refractivity contribution in [2.24, 2.45) is 5.92 Å². The third kappa shape index (κ3) is 6.15. The zero-order chi connectivity index (χ0) is 24.9. The average molecular weight is 506 g/mol. The third-order valence-corrected chi connectivity index (χ3v) is 7.86. The van der Waals surface area contributed by atoms with E-state index < -0.39 is 0 Å². The fourth-order valence-corrected chi connectivity index (χ4v) is 5.53. The molecule has 0 bridgehead atoms. The summed E-state index contributed by atoms with van der Waals surface area (Å²) in [5.41, 5.74) is 5.86. The molecule has 0 aliphatic carbocycles. The Morgan fingerprint density at radius 1 is 0.861 bits per heavy atom. The lowest BCUT2D eigenvalue weighted by molar-refractivity contribution is -0.126. The Hall–Kier alpha value is -2.73. The van der Waals surface area contributed by atoms with Crippen molar-refractivity contribution in [3.63, 3.8) is 0 Å². The first-order chi connectivity index (χ1) is 17.5. The highest BCUT2D eigenvalue weighted by Crippen LogP contribution is 2.25. The van der Waals surface area contributed by atoms with Crippen molar-refractivity contribution in [2.75, 3.05) is 19.6 Å². The summed E-state index contributed by atoms with van der Waals surface area (Å²) in [6, 6.07) is 22.1. The van der Waals surface area contributed by atoms with Crippen LogP contribution in [-0.2, 0) is 37.4 Å². The molecule has 2 aliphatic rings. The predicted octanol–water partition coefficient (Wildman–Crippen LogP) is 5.57. The summed E-state index contributed by atoms with van der Waals surface area (Å²) >= 11 is 6.17. The number of benzene rings is 3. The Bertz CT molecular complexity index is 1170. The molecule has 1 fully saturated rings. The molecule has 3 aromatic carbocycles. The summed E-state index contributed by atoms with van der Waals surface area (Å²) in [7, 11) is 0. The summed E-state index contributed by atoms with van der Waals surface area (Å²) in [5, 5.41) is 3.57. The van der Waals surface area contributed by atoms with Gasteiger partial charge >= 0.3 is 0 Å². The quantitative estimate of drug-likeness (QED) is 0.456. The largest absolute Gasteiger partial charge is 0.352 e. The maximum absolute atomic E-state index is 14.1. The van der Waals surface area contributed by atoms with Gasteiger partial charge in [-0.3, -0.25) is 14.6 Å². The van der Waals surface area contributed by atoms with Crippen LogP contribution in [0.1, 0.15) is 40.7 Å². The molecule has 36 heavy (non-hydrogen) atoms. The van der Waals surface area contributed by atoms with E-state index in [4.69, 9.17) is 11.6 Å². The number of rotatable bonds is 7. The van der Waals surface area contributed by atoms with Crippen LogP contribution < -0.4 is 5.32 Å². The summed E-state index contributed by atoms with van der Waals surface area (Å²) in [6.45, 7) is 5.58. The number of halogens is 2. The highest BCUT2D eigenvalue weighted by molar-refractivity contribution is 6.31. The number of hydrogen-bond donors (Lipinski definition) is 1. The minimum Gasteiger partial charge on any atom is -0.352 e. The third-order valence-electron chi connectivity index (χ3n) is 7.51. The molecule has 6 heteroatoms. The highest BCUT2D eigenvalue weighted by atomic mass is 35.5. The molecule has 2 heterocycles. The van der Waals surface area contributed by atoms with Crippen LogP contribution in [0.3, 0.4) is 0 Å². The van der Waals surface area contributed by atoms with Gasteiger partial charge in [0.05, 0.1) is 0 Å². The summed E-state index contributed by atoms with van der Waals surface area (Å²) < 4.78 is 14.1. The van der Waals surface area contributed by atoms with Gasteiger partial charge in [0.2, 0.25) is 5.91 Å². The molecule has 0 atom stereocenters. The van der Waals surface area contributed by atoms with E-state index in [1.54, 1.807) is 12.1 Å². The van der Waals surface area contributed by atoms with Crippen LogP contribution in [0, 0.1) is 11.7 Å². The number of likely N-dealkylation sites (tertiary alicyclic amines) is 1. The fourth-order valence-electron chi connectivity index (χ4n) is 5.30. The first-order valence-electron chi connectivity index (χ1n) is 12.8. The van der Waals surface area contributed by atoms with Crippen LogP contribution in [0.2, 0.25) is 5.02 Å². The zero-order valence-corrected chi connectivity index (χ0v) is 21.3. The number of hydrogen-bond acceptors (Lipinski definition) is 3. The Labute approximate surface area is 218 Å². The van der Waals surface area contributed by atoms with Crippen LogP contribution in [0.5, 0.6) is 0 Å². The lowest BCUT2D eigenvalue weighted by Gasteiger charge is -2.31. The summed E-state index contributed by atoms with van der Waals surface area (Å²) in [4.78, 5) is 17.4. The van der Waals surface area contributed by atoms with Gasteiger partial charge in [0.1, 0.15) is 5.82 Å². The van der Waals surface area contributed by atoms with Crippen molar-refractivity contribution < 1.29 is 9.18 Å². The van der Waals surface area contributed by atoms with Crippen LogP contribution in [0.25, 0.3) is 0 Å². The number of nitrogens with zero attached hydrogens (tertiary/aromatic N) is 2. The molecule has 0 radical (unpaired) electrons. The van der Waals surface area contributed by atoms with Gasteiger partial charge in [0.15, 0.2) is 0 Å². The number of carbonyl (C=O) groups excluding carboxylic acids is 1. The summed E-state index contributed by atoms with van der Waals surface area (Å²) in [5.74, 6) is -0.164. The first-order valence-corrected chi connectivity index (χ1v) is 13.2. The van der Waals surface area contributed by atoms with E-state index >= 15 is 0 Å². The van der Waals surface area contributed by atoms with E-state index in [-0.39, 0.29) is 17.6 Å². The molecule has 0 spiro atoms. The number of amides is 1. The van der Waals surface area contributed by atoms with E-state index in [2.05, 4.69) is 63.6 Å². The molecule has 2 aliphatic heterocycles. The smallest absolute Gasteiger partial charge is 0.223 e. The van der Waals surface area contributed by atoms with Crippen LogP contribution in [-0.4, -0.2) is 35.3 Å². The Morgan fingerprint density at radius 3 is 2.33 bits per heavy atom. The second-order valence-electron chi connectivity index (χ2n) is 10.0. The Kier molecular flexibility index (Phi) is 8.00. The van der Waals surface area contributed by atoms with E-state index in [0.717, 1.165) is 57.5 Å². The van der Waals surface area contributed by atoms with Crippen molar-refractivity contribution in [3.8, 4) is 0 Å². The minimum atomic E-state index is -0.269. The SMILES string of the molecule is O=C(NCc1ccc(CN2CCc3ccccc3C2)cc1)C1CCN(Cc2c(F)cccc2Cl)CC1. The van der Waals surface area contributed by atoms with E-state index in [0.29, 0.717) is 23.7 Å². The van der Waals surface area contributed by atoms with Crippen molar-refractivity contribution in [1.82, 2.24) is 15.1 Å². The molecule has 188 valence electrons. The standard InChI is InChI=1S/C30H33ClFN3O/c31-28-6-3-7-29(32)27(28)21-34-15-13-25(14-16-34)30(36)33-18-22-8-10-23(11-9-22)19-35-17-12-24-4-1-2-5-26(24)20-35/h1-11,25H,12-21H2,(H,33,36). The van der Waals surface area contributed by atoms with Crippen molar-refractivity contribution >= 4 is 17.5 Å². The van der Waals surface area contributed by atoms with Gasteiger partial charge in [0.25, 0.3) is 0 Å². The molecule has 4 nitrogen and oxygen atoms in total. The lowest BCUT2D eigenvalue weighted by atomic mass is 9.95. The maximum atomic E-state index is 14.1. The molecular formula is C30H33ClFN3O. The molecule has 5 rings (SSSR count). The molecular weight excluding hydrogens is 473 g/mol. The van der Waals surface area contributed by atoms with Crippen molar-refractivity contribution in [1.29, 1.82) is 0 Å². The van der Waals surface area contributed by atoms with E-state index in [1.807, 2.05) is 0 Å². The number of nitrogens with one attached hydrogen (secondary N) is 1. The number of carbonyl (C=O) groups is 1. The van der Waals surface area contributed by atoms with Gasteiger partial charge < -0.3 is 5.32 Å². The van der Waals surface area contributed by atoms with Crippen molar-refractivity contribution in [2.45, 2.75) is 45.4 Å². The lowest BCUT2D eigenvalue weighted by Crippen LogP contribution is -2.40. The monoisotopic (exact) mass is 505 g/mol. The van der Waals surface area contributed by atoms with Gasteiger partial charge in [-0.15, -0.1) is 0 Å². The molecule has 1 N–H and O–H groups in total. The molecule has 3 aromatic rings. The van der Waals surface area contributed by atoms with Gasteiger partial charge in [-0.25, -0.2) is 4.39 Å². The molecule has 1 amide bonds. The first kappa shape index (κ1) is 24.9. The van der Waals surface area contributed by atoms with Gasteiger partial charge in [-0.05, 0) is 66.7 Å². The minimum absolute atomic E-state index is 0.00130. The number of piperidine rings is 1. The predicted molar refractivity (Wildman–Crippen MR) is 142 cm³/mol. The van der Waals surface area contributed by atoms with Crippen LogP contribution in [0.15, 0.2) is 66.7 Å². The van der Waals surface area contributed by atoms with Gasteiger partial charge in [0, 0.05) is 49.2 Å². The number of fused-ring (bicyclic) bond motifs is 1. The molecule has 0 unspecified atom stereocenters. The second kappa shape index (κ2) is 11.5. The Morgan fingerprint density at radius 2 is 1.58 bits per heavy atom. The van der Waals surface area contributed by atoms with Crippen LogP contribution >= 0.6 is 11.6 Å². The highest BCUT2D eigenvalue weighted by Gasteiger charge is 2.25. The molecule has 0 saturated carbocycles. The average Bonchev–Trinajstić information content (AvgIpc) is 2.90. The Balaban J connectivity index is 1.05. The fraction of sp³-hybridized carbons (Fsp3) is 0.367. The normalized spacial score (nSPS) is 17.1.